The number of ether oxygens (including phenoxy) is 1. The fourth-order valence-electron chi connectivity index (χ4n) is 2.23. The molecule has 78 valence electrons. The third kappa shape index (κ3) is 1.30. The van der Waals surface area contributed by atoms with Gasteiger partial charge in [-0.25, -0.2) is 0 Å². The summed E-state index contributed by atoms with van der Waals surface area (Å²) in [6, 6.07) is 5.90. The van der Waals surface area contributed by atoms with Gasteiger partial charge in [0, 0.05) is 5.56 Å². The number of methoxy groups -OCH3 is 1. The molecule has 0 spiro atoms. The molecule has 3 nitrogen and oxygen atoms in total. The molecule has 0 saturated heterocycles. The van der Waals surface area contributed by atoms with Crippen LogP contribution in [0.1, 0.15) is 34.8 Å². The van der Waals surface area contributed by atoms with Crippen LogP contribution in [-0.2, 0) is 0 Å². The highest BCUT2D eigenvalue weighted by atomic mass is 16.5. The molecule has 1 aliphatic carbocycles. The highest BCUT2D eigenvalue weighted by Gasteiger charge is 2.39. The van der Waals surface area contributed by atoms with E-state index in [1.54, 1.807) is 7.11 Å². The van der Waals surface area contributed by atoms with E-state index >= 15 is 0 Å². The van der Waals surface area contributed by atoms with Gasteiger partial charge in [0.05, 0.1) is 13.2 Å². The fourth-order valence-corrected chi connectivity index (χ4v) is 2.23. The van der Waals surface area contributed by atoms with Crippen molar-refractivity contribution in [1.82, 2.24) is 5.32 Å². The Balaban J connectivity index is 2.05. The first-order chi connectivity index (χ1) is 7.29. The van der Waals surface area contributed by atoms with E-state index in [9.17, 15) is 4.79 Å². The predicted molar refractivity (Wildman–Crippen MR) is 55.9 cm³/mol. The first-order valence-electron chi connectivity index (χ1n) is 5.28. The zero-order chi connectivity index (χ0) is 10.4. The van der Waals surface area contributed by atoms with Gasteiger partial charge in [0.15, 0.2) is 0 Å². The Bertz CT molecular complexity index is 424. The van der Waals surface area contributed by atoms with Crippen molar-refractivity contribution in [2.24, 2.45) is 5.92 Å². The number of hydrogen-bond acceptors (Lipinski definition) is 2. The zero-order valence-corrected chi connectivity index (χ0v) is 8.62. The molecule has 1 fully saturated rings. The van der Waals surface area contributed by atoms with Crippen molar-refractivity contribution in [3.05, 3.63) is 29.3 Å². The van der Waals surface area contributed by atoms with Crippen LogP contribution >= 0.6 is 0 Å². The van der Waals surface area contributed by atoms with Crippen LogP contribution < -0.4 is 10.1 Å². The molecule has 0 aromatic heterocycles. The maximum absolute atomic E-state index is 11.7. The van der Waals surface area contributed by atoms with Crippen molar-refractivity contribution in [3.8, 4) is 5.75 Å². The molecule has 1 aromatic carbocycles. The van der Waals surface area contributed by atoms with Crippen molar-refractivity contribution in [1.29, 1.82) is 0 Å². The second kappa shape index (κ2) is 2.99. The lowest BCUT2D eigenvalue weighted by Gasteiger charge is -2.10. The van der Waals surface area contributed by atoms with Gasteiger partial charge in [0.25, 0.3) is 5.91 Å². The summed E-state index contributed by atoms with van der Waals surface area (Å²) >= 11 is 0. The van der Waals surface area contributed by atoms with Crippen LogP contribution in [0.15, 0.2) is 18.2 Å². The predicted octanol–water partition coefficient (Wildman–Crippen LogP) is 1.89. The Morgan fingerprint density at radius 2 is 2.20 bits per heavy atom. The lowest BCUT2D eigenvalue weighted by Crippen LogP contribution is -2.20. The van der Waals surface area contributed by atoms with Crippen LogP contribution in [0.3, 0.4) is 0 Å². The number of nitrogens with one attached hydrogen (secondary N) is 1. The molecule has 1 atom stereocenters. The molecule has 1 unspecified atom stereocenters. The Morgan fingerprint density at radius 1 is 1.40 bits per heavy atom. The van der Waals surface area contributed by atoms with Crippen LogP contribution in [0, 0.1) is 5.92 Å². The van der Waals surface area contributed by atoms with Gasteiger partial charge in [-0.2, -0.15) is 0 Å². The molecule has 1 amide bonds. The van der Waals surface area contributed by atoms with Gasteiger partial charge in [-0.3, -0.25) is 4.79 Å². The average Bonchev–Trinajstić information content (AvgIpc) is 3.04. The minimum absolute atomic E-state index is 0.0598. The van der Waals surface area contributed by atoms with Crippen molar-refractivity contribution < 1.29 is 9.53 Å². The molecular formula is C12H13NO2. The summed E-state index contributed by atoms with van der Waals surface area (Å²) < 4.78 is 5.18. The van der Waals surface area contributed by atoms with E-state index in [0.717, 1.165) is 16.9 Å². The Labute approximate surface area is 88.4 Å². The minimum atomic E-state index is 0.0598. The van der Waals surface area contributed by atoms with Gasteiger partial charge >= 0.3 is 0 Å². The smallest absolute Gasteiger partial charge is 0.252 e. The minimum Gasteiger partial charge on any atom is -0.497 e. The molecule has 1 saturated carbocycles. The van der Waals surface area contributed by atoms with Crippen LogP contribution in [0.25, 0.3) is 0 Å². The summed E-state index contributed by atoms with van der Waals surface area (Å²) in [5, 5.41) is 3.04. The quantitative estimate of drug-likeness (QED) is 0.797. The summed E-state index contributed by atoms with van der Waals surface area (Å²) in [6.45, 7) is 0. The van der Waals surface area contributed by atoms with E-state index in [1.165, 1.54) is 12.8 Å². The second-order valence-electron chi connectivity index (χ2n) is 4.24. The molecule has 1 aliphatic heterocycles. The second-order valence-corrected chi connectivity index (χ2v) is 4.24. The SMILES string of the molecule is COc1ccc2c(c1)C(C1CC1)NC2=O. The van der Waals surface area contributed by atoms with Gasteiger partial charge in [-0.15, -0.1) is 0 Å². The molecule has 0 bridgehead atoms. The molecule has 1 N–H and O–H groups in total. The molecule has 3 heteroatoms. The number of rotatable bonds is 2. The number of hydrogen-bond donors (Lipinski definition) is 1. The largest absolute Gasteiger partial charge is 0.497 e. The van der Waals surface area contributed by atoms with Crippen LogP contribution in [0.4, 0.5) is 0 Å². The molecular weight excluding hydrogens is 190 g/mol. The van der Waals surface area contributed by atoms with Gasteiger partial charge in [-0.05, 0) is 42.5 Å². The third-order valence-corrected chi connectivity index (χ3v) is 3.22. The Kier molecular flexibility index (Phi) is 1.75. The lowest BCUT2D eigenvalue weighted by molar-refractivity contribution is 0.0953. The van der Waals surface area contributed by atoms with Crippen LogP contribution in [-0.4, -0.2) is 13.0 Å². The number of fused-ring (bicyclic) bond motifs is 1. The van der Waals surface area contributed by atoms with E-state index in [0.29, 0.717) is 5.92 Å². The third-order valence-electron chi connectivity index (χ3n) is 3.22. The molecule has 3 rings (SSSR count). The molecule has 1 aromatic rings. The molecule has 0 radical (unpaired) electrons. The van der Waals surface area contributed by atoms with E-state index in [4.69, 9.17) is 4.74 Å². The van der Waals surface area contributed by atoms with E-state index in [2.05, 4.69) is 5.32 Å². The van der Waals surface area contributed by atoms with Gasteiger partial charge in [-0.1, -0.05) is 0 Å². The van der Waals surface area contributed by atoms with Gasteiger partial charge < -0.3 is 10.1 Å². The fraction of sp³-hybridized carbons (Fsp3) is 0.417. The Hall–Kier alpha value is -1.51. The number of benzene rings is 1. The maximum atomic E-state index is 11.7. The summed E-state index contributed by atoms with van der Waals surface area (Å²) in [4.78, 5) is 11.7. The standard InChI is InChI=1S/C12H13NO2/c1-15-8-4-5-9-10(6-8)11(7-2-3-7)13-12(9)14/h4-7,11H,2-3H2,1H3,(H,13,14). The van der Waals surface area contributed by atoms with Gasteiger partial charge in [0.2, 0.25) is 0 Å². The number of amides is 1. The van der Waals surface area contributed by atoms with E-state index < -0.39 is 0 Å². The zero-order valence-electron chi connectivity index (χ0n) is 8.62. The molecule has 15 heavy (non-hydrogen) atoms. The van der Waals surface area contributed by atoms with Crippen molar-refractivity contribution in [2.75, 3.05) is 7.11 Å². The molecule has 1 heterocycles. The topological polar surface area (TPSA) is 38.3 Å². The number of carbonyl (C=O) groups is 1. The van der Waals surface area contributed by atoms with E-state index in [-0.39, 0.29) is 11.9 Å². The summed E-state index contributed by atoms with van der Waals surface area (Å²) in [7, 11) is 1.65. The first kappa shape index (κ1) is 8.77. The highest BCUT2D eigenvalue weighted by Crippen LogP contribution is 2.45. The van der Waals surface area contributed by atoms with E-state index in [1.807, 2.05) is 18.2 Å². The Morgan fingerprint density at radius 3 is 2.87 bits per heavy atom. The summed E-state index contributed by atoms with van der Waals surface area (Å²) in [5.74, 6) is 1.53. The first-order valence-corrected chi connectivity index (χ1v) is 5.28. The normalized spacial score (nSPS) is 23.5. The van der Waals surface area contributed by atoms with Crippen molar-refractivity contribution >= 4 is 5.91 Å². The van der Waals surface area contributed by atoms with Crippen molar-refractivity contribution in [2.45, 2.75) is 18.9 Å². The summed E-state index contributed by atoms with van der Waals surface area (Å²) in [5.41, 5.74) is 1.93. The monoisotopic (exact) mass is 203 g/mol. The highest BCUT2D eigenvalue weighted by molar-refractivity contribution is 5.99. The number of carbonyl (C=O) groups excluding carboxylic acids is 1. The lowest BCUT2D eigenvalue weighted by atomic mass is 10.0. The van der Waals surface area contributed by atoms with Crippen LogP contribution in [0.5, 0.6) is 5.75 Å². The maximum Gasteiger partial charge on any atom is 0.252 e. The van der Waals surface area contributed by atoms with Crippen LogP contribution in [0.2, 0.25) is 0 Å². The van der Waals surface area contributed by atoms with Gasteiger partial charge in [0.1, 0.15) is 5.75 Å². The summed E-state index contributed by atoms with van der Waals surface area (Å²) in [6.07, 6.45) is 2.45. The molecule has 2 aliphatic rings. The van der Waals surface area contributed by atoms with Crippen molar-refractivity contribution in [3.63, 3.8) is 0 Å². The average molecular weight is 203 g/mol.